The number of carbonyl (C=O) groups excluding carboxylic acids is 1. The van der Waals surface area contributed by atoms with Crippen molar-refractivity contribution >= 4 is 12.1 Å². The Morgan fingerprint density at radius 3 is 2.20 bits per heavy atom. The van der Waals surface area contributed by atoms with Crippen LogP contribution in [0.3, 0.4) is 0 Å². The summed E-state index contributed by atoms with van der Waals surface area (Å²) in [7, 11) is 1.80. The third-order valence-corrected chi connectivity index (χ3v) is 5.52. The summed E-state index contributed by atoms with van der Waals surface area (Å²) in [6.07, 6.45) is -0.215. The molecule has 9 nitrogen and oxygen atoms in total. The molecule has 2 aliphatic rings. The number of aliphatic imine (C=N–C) groups is 1. The molecule has 0 bridgehead atoms. The first-order valence-electron chi connectivity index (χ1n) is 11.1. The van der Waals surface area contributed by atoms with Crippen molar-refractivity contribution in [2.75, 3.05) is 79.2 Å². The molecule has 0 saturated carbocycles. The van der Waals surface area contributed by atoms with E-state index in [1.165, 1.54) is 0 Å². The summed E-state index contributed by atoms with van der Waals surface area (Å²) in [4.78, 5) is 23.1. The molecule has 0 atom stereocenters. The number of hydrogen-bond donors (Lipinski definition) is 2. The van der Waals surface area contributed by atoms with Crippen molar-refractivity contribution in [2.45, 2.75) is 45.8 Å². The lowest BCUT2D eigenvalue weighted by molar-refractivity contribution is -0.00834. The fourth-order valence-corrected chi connectivity index (χ4v) is 3.61. The van der Waals surface area contributed by atoms with Gasteiger partial charge in [0.25, 0.3) is 0 Å². The number of hydrogen-bond acceptors (Lipinski definition) is 6. The summed E-state index contributed by atoms with van der Waals surface area (Å²) in [6, 6.07) is 0. The number of nitrogens with one attached hydrogen (secondary N) is 2. The van der Waals surface area contributed by atoms with Gasteiger partial charge in [0.05, 0.1) is 13.2 Å². The average molecular weight is 427 g/mol. The van der Waals surface area contributed by atoms with Crippen molar-refractivity contribution in [2.24, 2.45) is 4.99 Å². The fourth-order valence-electron chi connectivity index (χ4n) is 3.61. The quantitative estimate of drug-likeness (QED) is 0.481. The van der Waals surface area contributed by atoms with Crippen LogP contribution in [0.5, 0.6) is 0 Å². The Labute approximate surface area is 182 Å². The van der Waals surface area contributed by atoms with E-state index in [9.17, 15) is 4.79 Å². The van der Waals surface area contributed by atoms with Gasteiger partial charge in [0.2, 0.25) is 0 Å². The fraction of sp³-hybridized carbons (Fsp3) is 0.905. The molecule has 174 valence electrons. The number of ether oxygens (including phenoxy) is 2. The van der Waals surface area contributed by atoms with Crippen molar-refractivity contribution in [3.8, 4) is 0 Å². The predicted molar refractivity (Wildman–Crippen MR) is 120 cm³/mol. The smallest absolute Gasteiger partial charge is 0.410 e. The average Bonchev–Trinajstić information content (AvgIpc) is 2.70. The monoisotopic (exact) mass is 426 g/mol. The molecular weight excluding hydrogens is 384 g/mol. The Kier molecular flexibility index (Phi) is 9.18. The third-order valence-electron chi connectivity index (χ3n) is 5.52. The van der Waals surface area contributed by atoms with Crippen molar-refractivity contribution in [1.82, 2.24) is 25.3 Å². The maximum absolute atomic E-state index is 12.2. The van der Waals surface area contributed by atoms with E-state index in [-0.39, 0.29) is 11.6 Å². The molecule has 0 unspecified atom stereocenters. The Balaban J connectivity index is 1.65. The number of carbonyl (C=O) groups is 1. The zero-order valence-electron chi connectivity index (χ0n) is 19.8. The van der Waals surface area contributed by atoms with Crippen molar-refractivity contribution in [3.63, 3.8) is 0 Å². The van der Waals surface area contributed by atoms with Gasteiger partial charge in [0.15, 0.2) is 5.96 Å². The molecule has 1 amide bonds. The lowest BCUT2D eigenvalue weighted by atomic mass is 10.0. The van der Waals surface area contributed by atoms with Gasteiger partial charge in [-0.15, -0.1) is 0 Å². The molecule has 0 aliphatic carbocycles. The molecule has 0 spiro atoms. The van der Waals surface area contributed by atoms with Crippen LogP contribution in [0, 0.1) is 0 Å². The van der Waals surface area contributed by atoms with E-state index < -0.39 is 5.60 Å². The van der Waals surface area contributed by atoms with Gasteiger partial charge in [0, 0.05) is 71.5 Å². The highest BCUT2D eigenvalue weighted by Crippen LogP contribution is 2.15. The van der Waals surface area contributed by atoms with E-state index >= 15 is 0 Å². The summed E-state index contributed by atoms with van der Waals surface area (Å²) >= 11 is 0. The van der Waals surface area contributed by atoms with Crippen LogP contribution in [0.1, 0.15) is 34.6 Å². The van der Waals surface area contributed by atoms with E-state index in [1.54, 1.807) is 11.9 Å². The van der Waals surface area contributed by atoms with Gasteiger partial charge < -0.3 is 25.0 Å². The summed E-state index contributed by atoms with van der Waals surface area (Å²) < 4.78 is 10.9. The lowest BCUT2D eigenvalue weighted by Crippen LogP contribution is -2.57. The molecule has 2 N–H and O–H groups in total. The maximum Gasteiger partial charge on any atom is 0.410 e. The number of amides is 1. The van der Waals surface area contributed by atoms with Crippen LogP contribution in [0.4, 0.5) is 4.79 Å². The second-order valence-electron chi connectivity index (χ2n) is 9.57. The van der Waals surface area contributed by atoms with Crippen molar-refractivity contribution in [1.29, 1.82) is 0 Å². The SMILES string of the molecule is CN=C(NCCN1CCN(C(=O)OC(C)(C)C)CC1)NCC(C)(C)N1CCOCC1. The lowest BCUT2D eigenvalue weighted by Gasteiger charge is -2.41. The highest BCUT2D eigenvalue weighted by atomic mass is 16.6. The number of guanidine groups is 1. The Hall–Kier alpha value is -1.58. The standard InChI is InChI=1S/C21H42N6O3/c1-20(2,3)30-19(28)26-11-9-25(10-12-26)8-7-23-18(22-6)24-17-21(4,5)27-13-15-29-16-14-27/h7-17H2,1-6H3,(H2,22,23,24). The summed E-state index contributed by atoms with van der Waals surface area (Å²) in [5.41, 5.74) is -0.406. The van der Waals surface area contributed by atoms with Gasteiger partial charge in [-0.05, 0) is 34.6 Å². The van der Waals surface area contributed by atoms with Gasteiger partial charge in [-0.25, -0.2) is 4.79 Å². The zero-order valence-corrected chi connectivity index (χ0v) is 19.8. The molecule has 0 aromatic rings. The van der Waals surface area contributed by atoms with Crippen molar-refractivity contribution in [3.05, 3.63) is 0 Å². The van der Waals surface area contributed by atoms with Gasteiger partial charge in [-0.3, -0.25) is 14.8 Å². The normalized spacial score (nSPS) is 20.2. The second kappa shape index (κ2) is 11.2. The topological polar surface area (TPSA) is 81.7 Å². The highest BCUT2D eigenvalue weighted by molar-refractivity contribution is 5.79. The summed E-state index contributed by atoms with van der Waals surface area (Å²) in [6.45, 7) is 19.4. The molecule has 0 radical (unpaired) electrons. The molecular formula is C21H42N6O3. The van der Waals surface area contributed by atoms with E-state index in [0.29, 0.717) is 13.1 Å². The molecule has 0 aromatic heterocycles. The largest absolute Gasteiger partial charge is 0.444 e. The molecule has 2 aliphatic heterocycles. The number of rotatable bonds is 6. The number of morpholine rings is 1. The van der Waals surface area contributed by atoms with Gasteiger partial charge in [0.1, 0.15) is 5.60 Å². The Bertz CT molecular complexity index is 562. The molecule has 30 heavy (non-hydrogen) atoms. The van der Waals surface area contributed by atoms with E-state index in [2.05, 4.69) is 39.3 Å². The predicted octanol–water partition coefficient (Wildman–Crippen LogP) is 0.815. The first kappa shape index (κ1) is 24.7. The third kappa shape index (κ3) is 8.28. The first-order valence-corrected chi connectivity index (χ1v) is 11.1. The molecule has 2 fully saturated rings. The van der Waals surface area contributed by atoms with Crippen LogP contribution in [-0.4, -0.2) is 117 Å². The Morgan fingerprint density at radius 1 is 1.00 bits per heavy atom. The van der Waals surface area contributed by atoms with E-state index in [4.69, 9.17) is 9.47 Å². The van der Waals surface area contributed by atoms with Gasteiger partial charge >= 0.3 is 6.09 Å². The summed E-state index contributed by atoms with van der Waals surface area (Å²) in [5.74, 6) is 0.823. The molecule has 2 heterocycles. The van der Waals surface area contributed by atoms with Gasteiger partial charge in [-0.1, -0.05) is 0 Å². The van der Waals surface area contributed by atoms with E-state index in [0.717, 1.165) is 65.0 Å². The number of nitrogens with zero attached hydrogens (tertiary/aromatic N) is 4. The number of piperazine rings is 1. The van der Waals surface area contributed by atoms with Crippen LogP contribution in [0.15, 0.2) is 4.99 Å². The maximum atomic E-state index is 12.2. The molecule has 9 heteroatoms. The van der Waals surface area contributed by atoms with Crippen LogP contribution in [0.25, 0.3) is 0 Å². The zero-order chi connectivity index (χ0) is 22.2. The highest BCUT2D eigenvalue weighted by Gasteiger charge is 2.28. The first-order chi connectivity index (χ1) is 14.1. The van der Waals surface area contributed by atoms with Crippen LogP contribution < -0.4 is 10.6 Å². The van der Waals surface area contributed by atoms with Crippen LogP contribution in [0.2, 0.25) is 0 Å². The summed E-state index contributed by atoms with van der Waals surface area (Å²) in [5, 5.41) is 6.86. The minimum Gasteiger partial charge on any atom is -0.444 e. The van der Waals surface area contributed by atoms with Crippen LogP contribution >= 0.6 is 0 Å². The molecule has 2 saturated heterocycles. The van der Waals surface area contributed by atoms with E-state index in [1.807, 2.05) is 20.8 Å². The Morgan fingerprint density at radius 2 is 1.63 bits per heavy atom. The molecule has 0 aromatic carbocycles. The van der Waals surface area contributed by atoms with Gasteiger partial charge in [-0.2, -0.15) is 0 Å². The minimum absolute atomic E-state index is 0.0411. The minimum atomic E-state index is -0.447. The second-order valence-corrected chi connectivity index (χ2v) is 9.57. The molecule has 2 rings (SSSR count). The van der Waals surface area contributed by atoms with Crippen LogP contribution in [-0.2, 0) is 9.47 Å². The van der Waals surface area contributed by atoms with Crippen molar-refractivity contribution < 1.29 is 14.3 Å².